The summed E-state index contributed by atoms with van der Waals surface area (Å²) in [5.74, 6) is -1.04. The predicted molar refractivity (Wildman–Crippen MR) is 140 cm³/mol. The van der Waals surface area contributed by atoms with Crippen molar-refractivity contribution in [2.45, 2.75) is 27.4 Å². The van der Waals surface area contributed by atoms with E-state index in [0.29, 0.717) is 34.2 Å². The van der Waals surface area contributed by atoms with Gasteiger partial charge in [-0.1, -0.05) is 51.8 Å². The molecule has 3 aromatic rings. The van der Waals surface area contributed by atoms with Gasteiger partial charge in [0.25, 0.3) is 11.8 Å². The zero-order valence-electron chi connectivity index (χ0n) is 19.3. The second-order valence-corrected chi connectivity index (χ2v) is 9.63. The lowest BCUT2D eigenvalue weighted by atomic mass is 10.0. The van der Waals surface area contributed by atoms with Crippen molar-refractivity contribution in [3.05, 3.63) is 97.5 Å². The predicted octanol–water partition coefficient (Wildman–Crippen LogP) is 6.27. The van der Waals surface area contributed by atoms with E-state index in [2.05, 4.69) is 27.3 Å². The summed E-state index contributed by atoms with van der Waals surface area (Å²) in [5.41, 5.74) is 4.63. The number of halogens is 2. The van der Waals surface area contributed by atoms with Gasteiger partial charge >= 0.3 is 6.03 Å². The van der Waals surface area contributed by atoms with Crippen LogP contribution in [0, 0.1) is 20.8 Å². The van der Waals surface area contributed by atoms with Gasteiger partial charge in [0, 0.05) is 15.1 Å². The van der Waals surface area contributed by atoms with Crippen molar-refractivity contribution in [2.24, 2.45) is 0 Å². The smallest absolute Gasteiger partial charge is 0.335 e. The molecule has 4 rings (SSSR count). The lowest BCUT2D eigenvalue weighted by molar-refractivity contribution is -0.122. The molecule has 4 amide bonds. The molecule has 3 aromatic carbocycles. The van der Waals surface area contributed by atoms with Crippen LogP contribution in [0.4, 0.5) is 10.5 Å². The maximum absolute atomic E-state index is 13.3. The molecular weight excluding hydrogens is 532 g/mol. The molecule has 1 N–H and O–H groups in total. The molecule has 0 radical (unpaired) electrons. The summed E-state index contributed by atoms with van der Waals surface area (Å²) >= 11 is 9.53. The van der Waals surface area contributed by atoms with Crippen LogP contribution in [-0.4, -0.2) is 17.8 Å². The van der Waals surface area contributed by atoms with E-state index in [1.165, 1.54) is 17.7 Å². The van der Waals surface area contributed by atoms with Gasteiger partial charge in [-0.2, -0.15) is 0 Å². The second-order valence-electron chi connectivity index (χ2n) is 8.28. The first-order chi connectivity index (χ1) is 16.6. The molecule has 0 unspecified atom stereocenters. The van der Waals surface area contributed by atoms with Gasteiger partial charge in [0.2, 0.25) is 0 Å². The maximum atomic E-state index is 13.3. The minimum Gasteiger partial charge on any atom is -0.488 e. The molecule has 178 valence electrons. The molecule has 1 aliphatic heterocycles. The topological polar surface area (TPSA) is 75.7 Å². The van der Waals surface area contributed by atoms with Gasteiger partial charge in [-0.3, -0.25) is 14.9 Å². The molecule has 0 aliphatic carbocycles. The number of amides is 4. The molecule has 1 fully saturated rings. The Kier molecular flexibility index (Phi) is 7.10. The van der Waals surface area contributed by atoms with Gasteiger partial charge in [0.05, 0.1) is 5.69 Å². The molecule has 1 saturated heterocycles. The Morgan fingerprint density at radius 2 is 1.69 bits per heavy atom. The van der Waals surface area contributed by atoms with E-state index in [9.17, 15) is 14.4 Å². The van der Waals surface area contributed by atoms with Crippen LogP contribution in [0.15, 0.2) is 64.6 Å². The van der Waals surface area contributed by atoms with Crippen molar-refractivity contribution in [3.8, 4) is 5.75 Å². The Morgan fingerprint density at radius 1 is 0.943 bits per heavy atom. The van der Waals surface area contributed by atoms with E-state index in [-0.39, 0.29) is 5.57 Å². The number of ether oxygens (including phenoxy) is 1. The van der Waals surface area contributed by atoms with Crippen LogP contribution in [0.1, 0.15) is 27.8 Å². The van der Waals surface area contributed by atoms with Gasteiger partial charge in [-0.25, -0.2) is 9.69 Å². The van der Waals surface area contributed by atoms with E-state index in [4.69, 9.17) is 16.3 Å². The Bertz CT molecular complexity index is 1400. The number of hydrogen-bond acceptors (Lipinski definition) is 4. The van der Waals surface area contributed by atoms with Gasteiger partial charge in [0.1, 0.15) is 17.9 Å². The first-order valence-electron chi connectivity index (χ1n) is 10.8. The number of nitrogens with one attached hydrogen (secondary N) is 1. The lowest BCUT2D eigenvalue weighted by Crippen LogP contribution is -2.54. The molecule has 0 spiro atoms. The Balaban J connectivity index is 1.69. The molecule has 35 heavy (non-hydrogen) atoms. The molecule has 0 aromatic heterocycles. The van der Waals surface area contributed by atoms with E-state index in [1.807, 2.05) is 32.0 Å². The number of hydrogen-bond donors (Lipinski definition) is 1. The number of aryl methyl sites for hydroxylation is 3. The van der Waals surface area contributed by atoms with Crippen molar-refractivity contribution in [2.75, 3.05) is 4.90 Å². The Hall–Kier alpha value is -3.42. The van der Waals surface area contributed by atoms with Crippen molar-refractivity contribution in [1.29, 1.82) is 0 Å². The third kappa shape index (κ3) is 5.31. The number of rotatable bonds is 5. The van der Waals surface area contributed by atoms with E-state index in [0.717, 1.165) is 20.5 Å². The summed E-state index contributed by atoms with van der Waals surface area (Å²) in [7, 11) is 0. The van der Waals surface area contributed by atoms with Crippen LogP contribution >= 0.6 is 27.5 Å². The average molecular weight is 554 g/mol. The number of anilines is 1. The highest BCUT2D eigenvalue weighted by molar-refractivity contribution is 9.10. The largest absolute Gasteiger partial charge is 0.488 e. The summed E-state index contributed by atoms with van der Waals surface area (Å²) in [6.45, 7) is 6.14. The Morgan fingerprint density at radius 3 is 2.43 bits per heavy atom. The standard InChI is InChI=1S/C27H22BrClN2O4/c1-15-4-6-18(10-17(15)3)14-35-24-9-7-20(28)11-19(24)12-22-25(32)30-27(34)31(26(22)33)23-13-21(29)8-5-16(23)2/h4-13H,14H2,1-3H3,(H,30,32,34)/b22-12+. The quantitative estimate of drug-likeness (QED) is 0.298. The summed E-state index contributed by atoms with van der Waals surface area (Å²) in [6, 6.07) is 15.4. The summed E-state index contributed by atoms with van der Waals surface area (Å²) in [4.78, 5) is 39.5. The van der Waals surface area contributed by atoms with Gasteiger partial charge in [-0.15, -0.1) is 0 Å². The number of barbiturate groups is 1. The molecule has 0 atom stereocenters. The maximum Gasteiger partial charge on any atom is 0.335 e. The average Bonchev–Trinajstić information content (AvgIpc) is 2.80. The van der Waals surface area contributed by atoms with Crippen LogP contribution in [0.2, 0.25) is 5.02 Å². The van der Waals surface area contributed by atoms with Crippen LogP contribution in [0.25, 0.3) is 6.08 Å². The number of carbonyl (C=O) groups excluding carboxylic acids is 3. The number of nitrogens with zero attached hydrogens (tertiary/aromatic N) is 1. The molecular formula is C27H22BrClN2O4. The van der Waals surface area contributed by atoms with E-state index in [1.54, 1.807) is 31.2 Å². The monoisotopic (exact) mass is 552 g/mol. The molecule has 1 aliphatic rings. The van der Waals surface area contributed by atoms with Crippen molar-refractivity contribution < 1.29 is 19.1 Å². The minimum absolute atomic E-state index is 0.196. The highest BCUT2D eigenvalue weighted by Crippen LogP contribution is 2.31. The first-order valence-corrected chi connectivity index (χ1v) is 12.0. The first kappa shape index (κ1) is 24.7. The highest BCUT2D eigenvalue weighted by Gasteiger charge is 2.37. The van der Waals surface area contributed by atoms with Gasteiger partial charge in [-0.05, 0) is 79.4 Å². The summed E-state index contributed by atoms with van der Waals surface area (Å²) in [6.07, 6.45) is 1.43. The third-order valence-corrected chi connectivity index (χ3v) is 6.48. The fourth-order valence-corrected chi connectivity index (χ4v) is 4.22. The molecule has 8 heteroatoms. The van der Waals surface area contributed by atoms with Gasteiger partial charge in [0.15, 0.2) is 0 Å². The molecule has 0 saturated carbocycles. The molecule has 6 nitrogen and oxygen atoms in total. The minimum atomic E-state index is -0.831. The fourth-order valence-electron chi connectivity index (χ4n) is 3.67. The Labute approximate surface area is 216 Å². The molecule has 1 heterocycles. The fraction of sp³-hybridized carbons (Fsp3) is 0.148. The molecule has 0 bridgehead atoms. The summed E-state index contributed by atoms with van der Waals surface area (Å²) < 4.78 is 6.79. The third-order valence-electron chi connectivity index (χ3n) is 5.75. The number of benzene rings is 3. The van der Waals surface area contributed by atoms with Crippen molar-refractivity contribution in [1.82, 2.24) is 5.32 Å². The van der Waals surface area contributed by atoms with Gasteiger partial charge < -0.3 is 4.74 Å². The van der Waals surface area contributed by atoms with Crippen molar-refractivity contribution in [3.63, 3.8) is 0 Å². The second kappa shape index (κ2) is 10.1. The van der Waals surface area contributed by atoms with Crippen LogP contribution in [-0.2, 0) is 16.2 Å². The summed E-state index contributed by atoms with van der Waals surface area (Å²) in [5, 5.41) is 2.61. The zero-order valence-corrected chi connectivity index (χ0v) is 21.7. The van der Waals surface area contributed by atoms with E-state index >= 15 is 0 Å². The van der Waals surface area contributed by atoms with Crippen LogP contribution < -0.4 is 15.0 Å². The zero-order chi connectivity index (χ0) is 25.3. The number of urea groups is 1. The van der Waals surface area contributed by atoms with Crippen molar-refractivity contribution >= 4 is 57.1 Å². The number of imide groups is 2. The SMILES string of the molecule is Cc1ccc(COc2ccc(Br)cc2/C=C2\C(=O)NC(=O)N(c3cc(Cl)ccc3C)C2=O)cc1C. The lowest BCUT2D eigenvalue weighted by Gasteiger charge is -2.27. The normalized spacial score (nSPS) is 14.9. The number of carbonyl (C=O) groups is 3. The van der Waals surface area contributed by atoms with Crippen LogP contribution in [0.3, 0.4) is 0 Å². The highest BCUT2D eigenvalue weighted by atomic mass is 79.9. The van der Waals surface area contributed by atoms with Crippen LogP contribution in [0.5, 0.6) is 5.75 Å². The van der Waals surface area contributed by atoms with E-state index < -0.39 is 17.8 Å².